The van der Waals surface area contributed by atoms with E-state index >= 15 is 0 Å². The highest BCUT2D eigenvalue weighted by Gasteiger charge is 2.41. The van der Waals surface area contributed by atoms with Crippen molar-refractivity contribution in [2.75, 3.05) is 13.1 Å². The van der Waals surface area contributed by atoms with Gasteiger partial charge < -0.3 is 4.90 Å². The summed E-state index contributed by atoms with van der Waals surface area (Å²) in [4.78, 5) is 24.5. The van der Waals surface area contributed by atoms with Crippen molar-refractivity contribution in [1.82, 2.24) is 4.90 Å². The van der Waals surface area contributed by atoms with Crippen molar-refractivity contribution >= 4 is 5.91 Å². The van der Waals surface area contributed by atoms with Crippen LogP contribution in [0.5, 0.6) is 0 Å². The molecule has 1 fully saturated rings. The Hall–Kier alpha value is -2.17. The number of piperidine rings is 1. The third-order valence-electron chi connectivity index (χ3n) is 3.47. The number of hydrogen-bond acceptors (Lipinski definition) is 3. The highest BCUT2D eigenvalue weighted by Crippen LogP contribution is 2.30. The number of rotatable bonds is 4. The zero-order valence-corrected chi connectivity index (χ0v) is 10.6. The van der Waals surface area contributed by atoms with Crippen molar-refractivity contribution < 1.29 is 9.72 Å². The van der Waals surface area contributed by atoms with Gasteiger partial charge in [-0.3, -0.25) is 14.9 Å². The number of hydrogen-bond donors (Lipinski definition) is 0. The van der Waals surface area contributed by atoms with Crippen LogP contribution in [0, 0.1) is 10.1 Å². The van der Waals surface area contributed by atoms with Crippen LogP contribution in [0.1, 0.15) is 17.9 Å². The highest BCUT2D eigenvalue weighted by atomic mass is 16.6. The second-order valence-corrected chi connectivity index (χ2v) is 4.66. The van der Waals surface area contributed by atoms with Crippen LogP contribution >= 0.6 is 0 Å². The first-order valence-electron chi connectivity index (χ1n) is 6.20. The third-order valence-corrected chi connectivity index (χ3v) is 3.47. The standard InChI is InChI=1S/C14H16N2O3/c1-2-8-15-10-13(16(18)19)12(9-14(15)17)11-6-4-3-5-7-11/h2-7,12-13H,1,8-10H2/t12-,13-/m1/s1. The molecule has 0 radical (unpaired) electrons. The smallest absolute Gasteiger partial charge is 0.237 e. The predicted molar refractivity (Wildman–Crippen MR) is 71.4 cm³/mol. The molecule has 0 aliphatic carbocycles. The molecule has 0 N–H and O–H groups in total. The maximum absolute atomic E-state index is 12.0. The molecule has 1 saturated heterocycles. The van der Waals surface area contributed by atoms with E-state index in [-0.39, 0.29) is 29.7 Å². The molecule has 1 amide bonds. The Morgan fingerprint density at radius 2 is 2.11 bits per heavy atom. The molecule has 0 aromatic heterocycles. The minimum atomic E-state index is -0.750. The van der Waals surface area contributed by atoms with Gasteiger partial charge in [-0.1, -0.05) is 36.4 Å². The number of benzene rings is 1. The molecule has 1 aliphatic heterocycles. The predicted octanol–water partition coefficient (Wildman–Crippen LogP) is 1.83. The van der Waals surface area contributed by atoms with Crippen LogP contribution in [0.4, 0.5) is 0 Å². The lowest BCUT2D eigenvalue weighted by Crippen LogP contribution is -2.49. The van der Waals surface area contributed by atoms with Crippen molar-refractivity contribution in [1.29, 1.82) is 0 Å². The summed E-state index contributed by atoms with van der Waals surface area (Å²) in [7, 11) is 0. The Labute approximate surface area is 111 Å². The fourth-order valence-corrected chi connectivity index (χ4v) is 2.49. The van der Waals surface area contributed by atoms with Gasteiger partial charge in [0.1, 0.15) is 0 Å². The van der Waals surface area contributed by atoms with E-state index in [1.165, 1.54) is 4.90 Å². The van der Waals surface area contributed by atoms with Crippen molar-refractivity contribution in [3.63, 3.8) is 0 Å². The Bertz CT molecular complexity index is 487. The fraction of sp³-hybridized carbons (Fsp3) is 0.357. The minimum absolute atomic E-state index is 0.0492. The van der Waals surface area contributed by atoms with Gasteiger partial charge in [0, 0.05) is 17.9 Å². The lowest BCUT2D eigenvalue weighted by Gasteiger charge is -2.33. The van der Waals surface area contributed by atoms with Crippen molar-refractivity contribution in [2.45, 2.75) is 18.4 Å². The van der Waals surface area contributed by atoms with Gasteiger partial charge >= 0.3 is 0 Å². The molecule has 19 heavy (non-hydrogen) atoms. The number of carbonyl (C=O) groups is 1. The molecule has 2 rings (SSSR count). The SMILES string of the molecule is C=CCN1C[C@@H]([N+](=O)[O-])[C@@H](c2ccccc2)CC1=O. The molecule has 2 atom stereocenters. The van der Waals surface area contributed by atoms with Gasteiger partial charge in [-0.2, -0.15) is 0 Å². The van der Waals surface area contributed by atoms with E-state index < -0.39 is 6.04 Å². The number of nitro groups is 1. The first-order valence-corrected chi connectivity index (χ1v) is 6.20. The number of likely N-dealkylation sites (tertiary alicyclic amines) is 1. The van der Waals surface area contributed by atoms with Gasteiger partial charge in [-0.25, -0.2) is 0 Å². The topological polar surface area (TPSA) is 63.4 Å². The first-order chi connectivity index (χ1) is 9.13. The van der Waals surface area contributed by atoms with E-state index in [1.807, 2.05) is 30.3 Å². The van der Waals surface area contributed by atoms with Gasteiger partial charge in [0.15, 0.2) is 0 Å². The lowest BCUT2D eigenvalue weighted by atomic mass is 9.85. The zero-order valence-electron chi connectivity index (χ0n) is 10.6. The van der Waals surface area contributed by atoms with Crippen molar-refractivity contribution in [3.05, 3.63) is 58.7 Å². The molecule has 1 heterocycles. The van der Waals surface area contributed by atoms with Gasteiger partial charge in [-0.05, 0) is 5.56 Å². The molecule has 0 saturated carbocycles. The summed E-state index contributed by atoms with van der Waals surface area (Å²) in [5.41, 5.74) is 0.857. The molecule has 1 aromatic carbocycles. The number of carbonyl (C=O) groups excluding carboxylic acids is 1. The number of nitrogens with zero attached hydrogens (tertiary/aromatic N) is 2. The molecule has 5 heteroatoms. The summed E-state index contributed by atoms with van der Waals surface area (Å²) in [6.45, 7) is 4.09. The maximum atomic E-state index is 12.0. The van der Waals surface area contributed by atoms with Crippen LogP contribution in [-0.2, 0) is 4.79 Å². The minimum Gasteiger partial charge on any atom is -0.332 e. The second kappa shape index (κ2) is 5.65. The van der Waals surface area contributed by atoms with E-state index in [0.29, 0.717) is 6.54 Å². The van der Waals surface area contributed by atoms with Crippen LogP contribution in [0.3, 0.4) is 0 Å². The lowest BCUT2D eigenvalue weighted by molar-refractivity contribution is -0.528. The molecular formula is C14H16N2O3. The summed E-state index contributed by atoms with van der Waals surface area (Å²) < 4.78 is 0. The number of amides is 1. The fourth-order valence-electron chi connectivity index (χ4n) is 2.49. The molecule has 5 nitrogen and oxygen atoms in total. The monoisotopic (exact) mass is 260 g/mol. The van der Waals surface area contributed by atoms with Crippen molar-refractivity contribution in [3.8, 4) is 0 Å². The van der Waals surface area contributed by atoms with Gasteiger partial charge in [0.25, 0.3) is 0 Å². The van der Waals surface area contributed by atoms with Crippen LogP contribution in [0.2, 0.25) is 0 Å². The molecule has 0 spiro atoms. The Morgan fingerprint density at radius 3 is 2.68 bits per heavy atom. The summed E-state index contributed by atoms with van der Waals surface area (Å²) in [5, 5.41) is 11.2. The molecular weight excluding hydrogens is 244 g/mol. The Morgan fingerprint density at radius 1 is 1.42 bits per heavy atom. The maximum Gasteiger partial charge on any atom is 0.237 e. The van der Waals surface area contributed by atoms with Gasteiger partial charge in [0.05, 0.1) is 12.5 Å². The van der Waals surface area contributed by atoms with E-state index in [0.717, 1.165) is 5.56 Å². The molecule has 100 valence electrons. The van der Waals surface area contributed by atoms with Gasteiger partial charge in [-0.15, -0.1) is 6.58 Å². The average molecular weight is 260 g/mol. The van der Waals surface area contributed by atoms with Crippen LogP contribution in [0.25, 0.3) is 0 Å². The molecule has 1 aliphatic rings. The second-order valence-electron chi connectivity index (χ2n) is 4.66. The first kappa shape index (κ1) is 13.3. The van der Waals surface area contributed by atoms with Crippen LogP contribution in [-0.4, -0.2) is 34.9 Å². The summed E-state index contributed by atoms with van der Waals surface area (Å²) in [5.74, 6) is -0.392. The average Bonchev–Trinajstić information content (AvgIpc) is 2.41. The normalized spacial score (nSPS) is 23.2. The Balaban J connectivity index is 2.26. The highest BCUT2D eigenvalue weighted by molar-refractivity contribution is 5.78. The van der Waals surface area contributed by atoms with E-state index in [2.05, 4.69) is 6.58 Å². The van der Waals surface area contributed by atoms with Crippen molar-refractivity contribution in [2.24, 2.45) is 0 Å². The van der Waals surface area contributed by atoms with Crippen LogP contribution < -0.4 is 0 Å². The summed E-state index contributed by atoms with van der Waals surface area (Å²) in [6, 6.07) is 8.48. The van der Waals surface area contributed by atoms with E-state index in [4.69, 9.17) is 0 Å². The summed E-state index contributed by atoms with van der Waals surface area (Å²) >= 11 is 0. The molecule has 0 bridgehead atoms. The summed E-state index contributed by atoms with van der Waals surface area (Å²) in [6.07, 6.45) is 1.78. The zero-order chi connectivity index (χ0) is 13.8. The molecule has 1 aromatic rings. The molecule has 0 unspecified atom stereocenters. The third kappa shape index (κ3) is 2.81. The van der Waals surface area contributed by atoms with Gasteiger partial charge in [0.2, 0.25) is 11.9 Å². The quantitative estimate of drug-likeness (QED) is 0.471. The van der Waals surface area contributed by atoms with E-state index in [9.17, 15) is 14.9 Å². The largest absolute Gasteiger partial charge is 0.332 e. The Kier molecular flexibility index (Phi) is 3.94. The van der Waals surface area contributed by atoms with E-state index in [1.54, 1.807) is 6.08 Å². The van der Waals surface area contributed by atoms with Crippen LogP contribution in [0.15, 0.2) is 43.0 Å².